The molecule has 0 saturated carbocycles. The molecule has 0 amide bonds. The van der Waals surface area contributed by atoms with Crippen molar-refractivity contribution in [2.24, 2.45) is 5.73 Å². The van der Waals surface area contributed by atoms with Gasteiger partial charge in [-0.25, -0.2) is 9.97 Å². The molecule has 2 N–H and O–H groups in total. The largest absolute Gasteiger partial charge is 0.393 e. The Morgan fingerprint density at radius 3 is 2.29 bits per heavy atom. The molecule has 4 nitrogen and oxygen atoms in total. The zero-order valence-electron chi connectivity index (χ0n) is 10.9. The van der Waals surface area contributed by atoms with E-state index in [1.165, 1.54) is 0 Å². The number of hydrogen-bond donors (Lipinski definition) is 1. The Morgan fingerprint density at radius 2 is 1.88 bits per heavy atom. The van der Waals surface area contributed by atoms with Crippen LogP contribution in [0.1, 0.15) is 31.7 Å². The maximum absolute atomic E-state index is 5.54. The summed E-state index contributed by atoms with van der Waals surface area (Å²) in [5.74, 6) is 0.758. The van der Waals surface area contributed by atoms with Crippen molar-refractivity contribution in [2.45, 2.75) is 40.2 Å². The fourth-order valence-electron chi connectivity index (χ4n) is 1.66. The molecular weight excluding hydrogens is 232 g/mol. The number of anilines is 1. The molecule has 0 unspecified atom stereocenters. The Kier molecular flexibility index (Phi) is 4.81. The third-order valence-corrected chi connectivity index (χ3v) is 2.65. The highest BCUT2D eigenvalue weighted by Crippen LogP contribution is 2.13. The van der Waals surface area contributed by atoms with Crippen LogP contribution < -0.4 is 10.6 Å². The molecule has 1 aromatic heterocycles. The molecule has 0 aliphatic carbocycles. The summed E-state index contributed by atoms with van der Waals surface area (Å²) in [5.41, 5.74) is 7.50. The van der Waals surface area contributed by atoms with Gasteiger partial charge in [0, 0.05) is 30.4 Å². The molecule has 0 spiro atoms. The van der Waals surface area contributed by atoms with Gasteiger partial charge in [-0.1, -0.05) is 12.2 Å². The number of aromatic nitrogens is 2. The van der Waals surface area contributed by atoms with E-state index in [4.69, 9.17) is 18.0 Å². The average molecular weight is 252 g/mol. The zero-order chi connectivity index (χ0) is 13.0. The molecule has 0 aliphatic rings. The van der Waals surface area contributed by atoms with Crippen LogP contribution in [-0.4, -0.2) is 27.5 Å². The van der Waals surface area contributed by atoms with Crippen molar-refractivity contribution in [1.29, 1.82) is 0 Å². The van der Waals surface area contributed by atoms with Crippen LogP contribution >= 0.6 is 12.2 Å². The van der Waals surface area contributed by atoms with Gasteiger partial charge in [0.15, 0.2) is 0 Å². The molecule has 0 aliphatic heterocycles. The first-order chi connectivity index (χ1) is 7.90. The second-order valence-electron chi connectivity index (χ2n) is 4.45. The summed E-state index contributed by atoms with van der Waals surface area (Å²) >= 11 is 4.91. The molecule has 0 radical (unpaired) electrons. The Morgan fingerprint density at radius 1 is 1.35 bits per heavy atom. The van der Waals surface area contributed by atoms with Crippen LogP contribution in [0.3, 0.4) is 0 Å². The van der Waals surface area contributed by atoms with Gasteiger partial charge in [-0.15, -0.1) is 0 Å². The van der Waals surface area contributed by atoms with E-state index in [-0.39, 0.29) is 0 Å². The second kappa shape index (κ2) is 5.91. The van der Waals surface area contributed by atoms with Crippen molar-refractivity contribution >= 4 is 23.2 Å². The second-order valence-corrected chi connectivity index (χ2v) is 4.98. The smallest absolute Gasteiger partial charge is 0.226 e. The van der Waals surface area contributed by atoms with Gasteiger partial charge in [-0.2, -0.15) is 0 Å². The topological polar surface area (TPSA) is 55.0 Å². The molecule has 0 fully saturated rings. The highest BCUT2D eigenvalue weighted by Gasteiger charge is 2.14. The Bertz CT molecular complexity index is 383. The lowest BCUT2D eigenvalue weighted by Gasteiger charge is -2.27. The number of nitrogens with zero attached hydrogens (tertiary/aromatic N) is 3. The summed E-state index contributed by atoms with van der Waals surface area (Å²) in [6.07, 6.45) is 0.684. The predicted octanol–water partition coefficient (Wildman–Crippen LogP) is 1.98. The fraction of sp³-hybridized carbons (Fsp3) is 0.583. The van der Waals surface area contributed by atoms with Gasteiger partial charge < -0.3 is 10.6 Å². The van der Waals surface area contributed by atoms with E-state index in [1.54, 1.807) is 0 Å². The van der Waals surface area contributed by atoms with Crippen LogP contribution in [0.15, 0.2) is 6.07 Å². The predicted molar refractivity (Wildman–Crippen MR) is 75.4 cm³/mol. The van der Waals surface area contributed by atoms with Crippen LogP contribution in [-0.2, 0) is 0 Å². The molecule has 17 heavy (non-hydrogen) atoms. The summed E-state index contributed by atoms with van der Waals surface area (Å²) in [5, 5.41) is 0. The van der Waals surface area contributed by atoms with E-state index >= 15 is 0 Å². The van der Waals surface area contributed by atoms with Gasteiger partial charge in [0.2, 0.25) is 5.95 Å². The third-order valence-electron chi connectivity index (χ3n) is 2.45. The van der Waals surface area contributed by atoms with Crippen molar-refractivity contribution < 1.29 is 0 Å². The highest BCUT2D eigenvalue weighted by molar-refractivity contribution is 7.80. The van der Waals surface area contributed by atoms with E-state index in [1.807, 2.05) is 19.9 Å². The minimum atomic E-state index is 0.325. The van der Waals surface area contributed by atoms with Gasteiger partial charge in [-0.05, 0) is 33.8 Å². The van der Waals surface area contributed by atoms with Crippen molar-refractivity contribution in [3.63, 3.8) is 0 Å². The summed E-state index contributed by atoms with van der Waals surface area (Å²) in [4.78, 5) is 11.6. The fourth-order valence-corrected chi connectivity index (χ4v) is 1.75. The minimum Gasteiger partial charge on any atom is -0.393 e. The lowest BCUT2D eigenvalue weighted by molar-refractivity contribution is 0.666. The first-order valence-corrected chi connectivity index (χ1v) is 6.18. The summed E-state index contributed by atoms with van der Waals surface area (Å²) in [6.45, 7) is 8.94. The van der Waals surface area contributed by atoms with Crippen molar-refractivity contribution in [3.8, 4) is 0 Å². The van der Waals surface area contributed by atoms with Crippen LogP contribution in [0, 0.1) is 13.8 Å². The number of nitrogens with two attached hydrogens (primary N) is 1. The number of aryl methyl sites for hydroxylation is 2. The highest BCUT2D eigenvalue weighted by atomic mass is 32.1. The average Bonchev–Trinajstić information content (AvgIpc) is 2.14. The molecule has 0 bridgehead atoms. The lowest BCUT2D eigenvalue weighted by Crippen LogP contribution is -2.35. The first-order valence-electron chi connectivity index (χ1n) is 5.77. The molecule has 0 atom stereocenters. The molecule has 1 heterocycles. The molecule has 0 aromatic carbocycles. The van der Waals surface area contributed by atoms with Crippen molar-refractivity contribution in [1.82, 2.24) is 9.97 Å². The molecule has 1 aromatic rings. The first kappa shape index (κ1) is 13.8. The minimum absolute atomic E-state index is 0.325. The van der Waals surface area contributed by atoms with Crippen LogP contribution in [0.4, 0.5) is 5.95 Å². The van der Waals surface area contributed by atoms with Gasteiger partial charge >= 0.3 is 0 Å². The van der Waals surface area contributed by atoms with Gasteiger partial charge in [0.05, 0.1) is 4.99 Å². The Hall–Kier alpha value is -1.23. The normalized spacial score (nSPS) is 10.6. The van der Waals surface area contributed by atoms with Gasteiger partial charge in [0.25, 0.3) is 0 Å². The van der Waals surface area contributed by atoms with E-state index in [9.17, 15) is 0 Å². The van der Waals surface area contributed by atoms with Gasteiger partial charge in [0.1, 0.15) is 0 Å². The monoisotopic (exact) mass is 252 g/mol. The summed E-state index contributed by atoms with van der Waals surface area (Å²) < 4.78 is 0. The number of thiocarbonyl (C=S) groups is 1. The third kappa shape index (κ3) is 4.26. The number of hydrogen-bond acceptors (Lipinski definition) is 4. The maximum Gasteiger partial charge on any atom is 0.226 e. The van der Waals surface area contributed by atoms with E-state index in [2.05, 4.69) is 28.7 Å². The van der Waals surface area contributed by atoms with E-state index in [0.717, 1.165) is 23.9 Å². The van der Waals surface area contributed by atoms with Crippen molar-refractivity contribution in [3.05, 3.63) is 17.5 Å². The summed E-state index contributed by atoms with van der Waals surface area (Å²) in [6, 6.07) is 2.29. The maximum atomic E-state index is 5.54. The SMILES string of the molecule is Cc1cc(C)nc(N(CCC(N)=S)C(C)C)n1. The van der Waals surface area contributed by atoms with Crippen LogP contribution in [0.25, 0.3) is 0 Å². The van der Waals surface area contributed by atoms with E-state index < -0.39 is 0 Å². The van der Waals surface area contributed by atoms with Crippen molar-refractivity contribution in [2.75, 3.05) is 11.4 Å². The molecule has 5 heteroatoms. The van der Waals surface area contributed by atoms with E-state index in [0.29, 0.717) is 17.5 Å². The van der Waals surface area contributed by atoms with Crippen LogP contribution in [0.5, 0.6) is 0 Å². The standard InChI is InChI=1S/C12H20N4S/c1-8(2)16(6-5-11(13)17)12-14-9(3)7-10(4)15-12/h7-8H,5-6H2,1-4H3,(H2,13,17). The quantitative estimate of drug-likeness (QED) is 0.812. The lowest BCUT2D eigenvalue weighted by atomic mass is 10.3. The Balaban J connectivity index is 2.92. The number of rotatable bonds is 5. The molecular formula is C12H20N4S. The molecule has 0 saturated heterocycles. The molecule has 94 valence electrons. The molecule has 1 rings (SSSR count). The van der Waals surface area contributed by atoms with Gasteiger partial charge in [-0.3, -0.25) is 0 Å². The Labute approximate surface area is 108 Å². The van der Waals surface area contributed by atoms with Crippen LogP contribution in [0.2, 0.25) is 0 Å². The summed E-state index contributed by atoms with van der Waals surface area (Å²) in [7, 11) is 0. The zero-order valence-corrected chi connectivity index (χ0v) is 11.7.